The van der Waals surface area contributed by atoms with Crippen molar-refractivity contribution in [3.8, 4) is 0 Å². The molecule has 0 saturated heterocycles. The molecule has 0 spiro atoms. The molecule has 6 nitrogen and oxygen atoms in total. The molecule has 0 saturated carbocycles. The Morgan fingerprint density at radius 2 is 1.48 bits per heavy atom. The summed E-state index contributed by atoms with van der Waals surface area (Å²) in [6.07, 6.45) is 2.18. The van der Waals surface area contributed by atoms with Gasteiger partial charge in [-0.15, -0.1) is 0 Å². The molecule has 0 bridgehead atoms. The average Bonchev–Trinajstić information content (AvgIpc) is 2.39. The summed E-state index contributed by atoms with van der Waals surface area (Å²) in [5.41, 5.74) is 0.982. The van der Waals surface area contributed by atoms with Crippen LogP contribution in [-0.2, 0) is 0 Å². The summed E-state index contributed by atoms with van der Waals surface area (Å²) < 4.78 is 0. The molecule has 0 aliphatic heterocycles. The molecule has 1 heterocycles. The van der Waals surface area contributed by atoms with Crippen molar-refractivity contribution in [2.45, 2.75) is 19.8 Å². The van der Waals surface area contributed by atoms with Gasteiger partial charge in [0, 0.05) is 24.8 Å². The molecule has 0 unspecified atom stereocenters. The molecule has 0 aliphatic rings. The minimum atomic E-state index is 0.712. The molecule has 2 N–H and O–H groups in total. The quantitative estimate of drug-likeness (QED) is 0.638. The van der Waals surface area contributed by atoms with Crippen LogP contribution in [0.3, 0.4) is 0 Å². The Morgan fingerprint density at radius 1 is 0.905 bits per heavy atom. The van der Waals surface area contributed by atoms with E-state index in [-0.39, 0.29) is 0 Å². The molecule has 120 valence electrons. The lowest BCUT2D eigenvalue weighted by atomic mass is 10.3. The maximum atomic E-state index is 4.51. The fraction of sp³-hybridized carbons (Fsp3) is 0.733. The standard InChI is InChI=1S/C15H30N6/c1-13-12-14(16-8-6-10-20(2)3)19-15(18-13)17-9-7-11-21(4)5/h12H,6-11H2,1-5H3,(H2,16,17,18,19). The zero-order valence-corrected chi connectivity index (χ0v) is 14.1. The van der Waals surface area contributed by atoms with Gasteiger partial charge in [-0.05, 0) is 61.0 Å². The summed E-state index contributed by atoms with van der Waals surface area (Å²) in [6.45, 7) is 5.95. The lowest BCUT2D eigenvalue weighted by Gasteiger charge is -2.12. The molecule has 1 aromatic heterocycles. The number of nitrogens with one attached hydrogen (secondary N) is 2. The number of anilines is 2. The number of rotatable bonds is 10. The van der Waals surface area contributed by atoms with Gasteiger partial charge in [-0.3, -0.25) is 0 Å². The zero-order chi connectivity index (χ0) is 15.7. The SMILES string of the molecule is Cc1cc(NCCCN(C)C)nc(NCCCN(C)C)n1. The second kappa shape index (κ2) is 9.52. The maximum Gasteiger partial charge on any atom is 0.224 e. The van der Waals surface area contributed by atoms with Crippen molar-refractivity contribution in [1.29, 1.82) is 0 Å². The summed E-state index contributed by atoms with van der Waals surface area (Å²) in [5.74, 6) is 1.61. The monoisotopic (exact) mass is 294 g/mol. The number of aromatic nitrogens is 2. The fourth-order valence-corrected chi connectivity index (χ4v) is 1.95. The third-order valence-corrected chi connectivity index (χ3v) is 3.01. The van der Waals surface area contributed by atoms with Gasteiger partial charge in [-0.1, -0.05) is 0 Å². The Bertz CT molecular complexity index is 371. The molecule has 1 aromatic rings. The lowest BCUT2D eigenvalue weighted by molar-refractivity contribution is 0.405. The summed E-state index contributed by atoms with van der Waals surface area (Å²) in [6, 6.07) is 1.99. The smallest absolute Gasteiger partial charge is 0.224 e. The van der Waals surface area contributed by atoms with Crippen molar-refractivity contribution in [3.63, 3.8) is 0 Å². The third-order valence-electron chi connectivity index (χ3n) is 3.01. The van der Waals surface area contributed by atoms with Crippen molar-refractivity contribution in [3.05, 3.63) is 11.8 Å². The molecule has 0 atom stereocenters. The Labute approximate surface area is 129 Å². The lowest BCUT2D eigenvalue weighted by Crippen LogP contribution is -2.18. The second-order valence-electron chi connectivity index (χ2n) is 5.89. The van der Waals surface area contributed by atoms with E-state index in [1.165, 1.54) is 0 Å². The normalized spacial score (nSPS) is 11.2. The van der Waals surface area contributed by atoms with E-state index in [0.29, 0.717) is 5.95 Å². The van der Waals surface area contributed by atoms with Gasteiger partial charge in [0.25, 0.3) is 0 Å². The van der Waals surface area contributed by atoms with E-state index in [0.717, 1.165) is 50.5 Å². The molecule has 21 heavy (non-hydrogen) atoms. The van der Waals surface area contributed by atoms with Crippen molar-refractivity contribution in [1.82, 2.24) is 19.8 Å². The number of aryl methyl sites for hydroxylation is 1. The Morgan fingerprint density at radius 3 is 2.05 bits per heavy atom. The van der Waals surface area contributed by atoms with Crippen LogP contribution in [0.5, 0.6) is 0 Å². The molecule has 6 heteroatoms. The van der Waals surface area contributed by atoms with Crippen LogP contribution < -0.4 is 10.6 Å². The van der Waals surface area contributed by atoms with Gasteiger partial charge in [-0.25, -0.2) is 4.98 Å². The first-order valence-electron chi connectivity index (χ1n) is 7.60. The fourth-order valence-electron chi connectivity index (χ4n) is 1.95. The van der Waals surface area contributed by atoms with E-state index >= 15 is 0 Å². The van der Waals surface area contributed by atoms with Gasteiger partial charge in [0.1, 0.15) is 5.82 Å². The minimum absolute atomic E-state index is 0.712. The average molecular weight is 294 g/mol. The Kier molecular flexibility index (Phi) is 8.00. The van der Waals surface area contributed by atoms with E-state index in [9.17, 15) is 0 Å². The van der Waals surface area contributed by atoms with Crippen molar-refractivity contribution >= 4 is 11.8 Å². The van der Waals surface area contributed by atoms with Crippen LogP contribution >= 0.6 is 0 Å². The van der Waals surface area contributed by atoms with Crippen LogP contribution in [0, 0.1) is 6.92 Å². The highest BCUT2D eigenvalue weighted by molar-refractivity contribution is 5.42. The van der Waals surface area contributed by atoms with Crippen molar-refractivity contribution in [2.24, 2.45) is 0 Å². The van der Waals surface area contributed by atoms with Gasteiger partial charge in [0.15, 0.2) is 0 Å². The van der Waals surface area contributed by atoms with Crippen LogP contribution in [0.2, 0.25) is 0 Å². The first-order chi connectivity index (χ1) is 9.97. The van der Waals surface area contributed by atoms with E-state index in [1.54, 1.807) is 0 Å². The van der Waals surface area contributed by atoms with Crippen molar-refractivity contribution in [2.75, 3.05) is 65.0 Å². The molecule has 0 radical (unpaired) electrons. The second-order valence-corrected chi connectivity index (χ2v) is 5.89. The minimum Gasteiger partial charge on any atom is -0.370 e. The third kappa shape index (κ3) is 8.47. The van der Waals surface area contributed by atoms with E-state index in [1.807, 2.05) is 13.0 Å². The van der Waals surface area contributed by atoms with Gasteiger partial charge in [0.05, 0.1) is 0 Å². The van der Waals surface area contributed by atoms with Gasteiger partial charge in [-0.2, -0.15) is 4.98 Å². The number of hydrogen-bond acceptors (Lipinski definition) is 6. The van der Waals surface area contributed by atoms with Crippen LogP contribution in [0.25, 0.3) is 0 Å². The molecular weight excluding hydrogens is 264 g/mol. The summed E-state index contributed by atoms with van der Waals surface area (Å²) in [7, 11) is 8.34. The van der Waals surface area contributed by atoms with E-state index < -0.39 is 0 Å². The molecule has 0 aliphatic carbocycles. The largest absolute Gasteiger partial charge is 0.370 e. The first-order valence-corrected chi connectivity index (χ1v) is 7.60. The number of nitrogens with zero attached hydrogens (tertiary/aromatic N) is 4. The van der Waals surface area contributed by atoms with Crippen molar-refractivity contribution < 1.29 is 0 Å². The highest BCUT2D eigenvalue weighted by atomic mass is 15.1. The molecule has 0 fully saturated rings. The zero-order valence-electron chi connectivity index (χ0n) is 14.1. The highest BCUT2D eigenvalue weighted by Gasteiger charge is 2.02. The first kappa shape index (κ1) is 17.7. The highest BCUT2D eigenvalue weighted by Crippen LogP contribution is 2.09. The Hall–Kier alpha value is -1.40. The van der Waals surface area contributed by atoms with Crippen LogP contribution in [0.15, 0.2) is 6.07 Å². The van der Waals surface area contributed by atoms with Crippen LogP contribution in [0.4, 0.5) is 11.8 Å². The molecular formula is C15H30N6. The molecule has 1 rings (SSSR count). The number of hydrogen-bond donors (Lipinski definition) is 2. The predicted octanol–water partition coefficient (Wildman–Crippen LogP) is 1.51. The predicted molar refractivity (Wildman–Crippen MR) is 90.1 cm³/mol. The van der Waals surface area contributed by atoms with Gasteiger partial charge >= 0.3 is 0 Å². The Balaban J connectivity index is 2.39. The van der Waals surface area contributed by atoms with E-state index in [4.69, 9.17) is 0 Å². The molecule has 0 aromatic carbocycles. The maximum absolute atomic E-state index is 4.51. The topological polar surface area (TPSA) is 56.3 Å². The molecule has 0 amide bonds. The van der Waals surface area contributed by atoms with E-state index in [2.05, 4.69) is 58.6 Å². The summed E-state index contributed by atoms with van der Waals surface area (Å²) in [4.78, 5) is 13.3. The van der Waals surface area contributed by atoms with Crippen LogP contribution in [-0.4, -0.2) is 74.1 Å². The summed E-state index contributed by atoms with van der Waals surface area (Å²) in [5, 5.41) is 6.66. The van der Waals surface area contributed by atoms with Gasteiger partial charge in [0.2, 0.25) is 5.95 Å². The summed E-state index contributed by atoms with van der Waals surface area (Å²) >= 11 is 0. The van der Waals surface area contributed by atoms with Gasteiger partial charge < -0.3 is 20.4 Å². The van der Waals surface area contributed by atoms with Crippen LogP contribution in [0.1, 0.15) is 18.5 Å².